The Bertz CT molecular complexity index is 1930. The maximum atomic E-state index is 14.2. The lowest BCUT2D eigenvalue weighted by atomic mass is 9.70. The van der Waals surface area contributed by atoms with Gasteiger partial charge in [0.25, 0.3) is 5.56 Å². The molecule has 1 aliphatic heterocycles. The van der Waals surface area contributed by atoms with Gasteiger partial charge in [-0.1, -0.05) is 26.0 Å². The van der Waals surface area contributed by atoms with Crippen molar-refractivity contribution in [3.63, 3.8) is 0 Å². The van der Waals surface area contributed by atoms with Gasteiger partial charge in [0.2, 0.25) is 10.0 Å². The third kappa shape index (κ3) is 3.79. The van der Waals surface area contributed by atoms with E-state index < -0.39 is 44.0 Å². The molecule has 10 heteroatoms. The number of pyridine rings is 1. The van der Waals surface area contributed by atoms with Crippen molar-refractivity contribution in [1.82, 2.24) is 3.97 Å². The third-order valence-corrected chi connectivity index (χ3v) is 11.8. The molecule has 41 heavy (non-hydrogen) atoms. The summed E-state index contributed by atoms with van der Waals surface area (Å²) in [5.41, 5.74) is -1.22. The van der Waals surface area contributed by atoms with E-state index >= 15 is 0 Å². The average Bonchev–Trinajstić information content (AvgIpc) is 3.21. The molecule has 0 N–H and O–H groups in total. The maximum Gasteiger partial charge on any atom is 0.270 e. The zero-order valence-corrected chi connectivity index (χ0v) is 24.5. The molecule has 1 aromatic carbocycles. The summed E-state index contributed by atoms with van der Waals surface area (Å²) in [4.78, 5) is 57.7. The molecule has 6 rings (SSSR count). The van der Waals surface area contributed by atoms with Crippen LogP contribution < -0.4 is 11.0 Å². The molecule has 3 aromatic rings. The van der Waals surface area contributed by atoms with E-state index in [9.17, 15) is 27.6 Å². The first-order valence-electron chi connectivity index (χ1n) is 13.8. The van der Waals surface area contributed by atoms with E-state index in [-0.39, 0.29) is 45.1 Å². The van der Waals surface area contributed by atoms with E-state index in [1.807, 2.05) is 13.8 Å². The Hall–Kier alpha value is -3.66. The highest BCUT2D eigenvalue weighted by atomic mass is 32.2. The van der Waals surface area contributed by atoms with Crippen LogP contribution in [0, 0.1) is 29.6 Å². The van der Waals surface area contributed by atoms with Gasteiger partial charge in [0.05, 0.1) is 33.7 Å². The fraction of sp³-hybridized carbons (Fsp3) is 0.452. The number of fused-ring (bicyclic) bond motifs is 4. The van der Waals surface area contributed by atoms with E-state index in [1.54, 1.807) is 32.0 Å². The van der Waals surface area contributed by atoms with Crippen molar-refractivity contribution in [2.75, 3.05) is 5.75 Å². The molecule has 3 heterocycles. The first kappa shape index (κ1) is 27.5. The molecule has 2 saturated carbocycles. The Labute approximate surface area is 237 Å². The molecule has 3 unspecified atom stereocenters. The number of aromatic nitrogens is 1. The van der Waals surface area contributed by atoms with Gasteiger partial charge >= 0.3 is 0 Å². The average molecular weight is 577 g/mol. The molecule has 214 valence electrons. The van der Waals surface area contributed by atoms with Crippen molar-refractivity contribution in [2.45, 2.75) is 59.8 Å². The molecule has 9 nitrogen and oxygen atoms in total. The minimum atomic E-state index is -4.29. The van der Waals surface area contributed by atoms with E-state index in [1.165, 1.54) is 25.3 Å². The number of aryl methyl sites for hydroxylation is 1. The SMILES string of the molecule is CC(=O)C1C(C)=Nc2ccn(S(=O)(=O)C[C@@]34CCC(CC3=O)C4(C)C)c(=O)c2C1c1cccc2c(=O)cc(C)oc12. The highest BCUT2D eigenvalue weighted by Gasteiger charge is 2.65. The predicted molar refractivity (Wildman–Crippen MR) is 154 cm³/mol. The number of para-hydroxylation sites is 1. The molecule has 2 aliphatic carbocycles. The van der Waals surface area contributed by atoms with Crippen LogP contribution in [0.15, 0.2) is 55.5 Å². The molecular formula is C31H32N2O7S. The van der Waals surface area contributed by atoms with Crippen molar-refractivity contribution in [3.8, 4) is 0 Å². The molecular weight excluding hydrogens is 544 g/mol. The van der Waals surface area contributed by atoms with Gasteiger partial charge in [0.1, 0.15) is 22.9 Å². The first-order valence-corrected chi connectivity index (χ1v) is 15.4. The van der Waals surface area contributed by atoms with Gasteiger partial charge in [-0.25, -0.2) is 12.4 Å². The monoisotopic (exact) mass is 576 g/mol. The number of hydrogen-bond donors (Lipinski definition) is 0. The second-order valence-electron chi connectivity index (χ2n) is 12.4. The molecule has 4 atom stereocenters. The van der Waals surface area contributed by atoms with E-state index in [4.69, 9.17) is 4.42 Å². The van der Waals surface area contributed by atoms with Crippen LogP contribution in [0.25, 0.3) is 11.0 Å². The Morgan fingerprint density at radius 3 is 2.51 bits per heavy atom. The summed E-state index contributed by atoms with van der Waals surface area (Å²) in [6.07, 6.45) is 2.79. The van der Waals surface area contributed by atoms with Gasteiger partial charge in [-0.15, -0.1) is 0 Å². The lowest BCUT2D eigenvalue weighted by Gasteiger charge is -2.36. The molecule has 0 radical (unpaired) electrons. The van der Waals surface area contributed by atoms with Crippen LogP contribution in [0.3, 0.4) is 0 Å². The van der Waals surface area contributed by atoms with Crippen LogP contribution in [0.4, 0.5) is 5.69 Å². The first-order chi connectivity index (χ1) is 19.2. The van der Waals surface area contributed by atoms with E-state index in [0.717, 1.165) is 6.42 Å². The van der Waals surface area contributed by atoms with Crippen LogP contribution in [-0.2, 0) is 19.6 Å². The number of nitrogens with zero attached hydrogens (tertiary/aromatic N) is 2. The largest absolute Gasteiger partial charge is 0.461 e. The summed E-state index contributed by atoms with van der Waals surface area (Å²) in [6, 6.07) is 7.79. The van der Waals surface area contributed by atoms with Gasteiger partial charge < -0.3 is 4.42 Å². The fourth-order valence-corrected chi connectivity index (χ4v) is 9.75. The number of carbonyl (C=O) groups excluding carboxylic acids is 2. The van der Waals surface area contributed by atoms with Gasteiger partial charge in [-0.05, 0) is 57.1 Å². The minimum absolute atomic E-state index is 0.0392. The molecule has 2 bridgehead atoms. The predicted octanol–water partition coefficient (Wildman–Crippen LogP) is 4.28. The second kappa shape index (κ2) is 8.92. The Morgan fingerprint density at radius 2 is 1.88 bits per heavy atom. The van der Waals surface area contributed by atoms with Crippen LogP contribution in [0.5, 0.6) is 0 Å². The quantitative estimate of drug-likeness (QED) is 0.443. The number of ketones is 2. The second-order valence-corrected chi connectivity index (χ2v) is 14.2. The fourth-order valence-electron chi connectivity index (χ4n) is 7.71. The summed E-state index contributed by atoms with van der Waals surface area (Å²) >= 11 is 0. The number of rotatable bonds is 5. The van der Waals surface area contributed by atoms with E-state index in [0.29, 0.717) is 33.8 Å². The maximum absolute atomic E-state index is 14.2. The zero-order chi connectivity index (χ0) is 29.6. The highest BCUT2D eigenvalue weighted by Crippen LogP contribution is 2.64. The molecule has 0 spiro atoms. The smallest absolute Gasteiger partial charge is 0.270 e. The van der Waals surface area contributed by atoms with Gasteiger partial charge in [0.15, 0.2) is 5.43 Å². The van der Waals surface area contributed by atoms with Crippen molar-refractivity contribution < 1.29 is 22.4 Å². The van der Waals surface area contributed by atoms with Crippen LogP contribution in [0.2, 0.25) is 0 Å². The summed E-state index contributed by atoms with van der Waals surface area (Å²) in [5.74, 6) is -2.14. The number of benzene rings is 1. The number of hydrogen-bond acceptors (Lipinski definition) is 8. The van der Waals surface area contributed by atoms with Crippen molar-refractivity contribution in [1.29, 1.82) is 0 Å². The Balaban J connectivity index is 1.58. The van der Waals surface area contributed by atoms with Crippen molar-refractivity contribution >= 4 is 44.0 Å². The summed E-state index contributed by atoms with van der Waals surface area (Å²) in [5, 5.41) is 0.290. The molecule has 2 aromatic heterocycles. The number of aliphatic imine (C=N–C) groups is 1. The third-order valence-electron chi connectivity index (χ3n) is 10.0. The molecule has 2 fully saturated rings. The van der Waals surface area contributed by atoms with Crippen LogP contribution in [0.1, 0.15) is 69.8 Å². The Kier molecular flexibility index (Phi) is 5.98. The van der Waals surface area contributed by atoms with E-state index in [2.05, 4.69) is 4.99 Å². The van der Waals surface area contributed by atoms with Crippen molar-refractivity contribution in [3.05, 3.63) is 74.0 Å². The normalized spacial score (nSPS) is 26.7. The summed E-state index contributed by atoms with van der Waals surface area (Å²) in [6.45, 7) is 8.63. The lowest BCUT2D eigenvalue weighted by Crippen LogP contribution is -2.46. The van der Waals surface area contributed by atoms with Gasteiger partial charge in [0, 0.05) is 35.9 Å². The van der Waals surface area contributed by atoms with Gasteiger partial charge in [-0.3, -0.25) is 24.2 Å². The number of carbonyl (C=O) groups is 2. The summed E-state index contributed by atoms with van der Waals surface area (Å²) < 4.78 is 34.7. The number of Topliss-reactive ketones (excluding diaryl/α,β-unsaturated/α-hetero) is 2. The summed E-state index contributed by atoms with van der Waals surface area (Å²) in [7, 11) is -4.29. The minimum Gasteiger partial charge on any atom is -0.461 e. The lowest BCUT2D eigenvalue weighted by molar-refractivity contribution is -0.128. The highest BCUT2D eigenvalue weighted by molar-refractivity contribution is 7.89. The molecule has 3 aliphatic rings. The standard InChI is InChI=1S/C31H32N2O7S/c1-16-13-23(35)20-7-6-8-21(28(20)40-16)26-25(18(3)34)17(2)32-22-10-12-33(29(37)27(22)26)41(38,39)15-31-11-9-19(14-24(31)36)30(31,4)5/h6-8,10,12-13,19,25-26H,9,11,14-15H2,1-5H3/t19?,25?,26?,31-/m0/s1. The Morgan fingerprint density at radius 1 is 1.15 bits per heavy atom. The van der Waals surface area contributed by atoms with Crippen LogP contribution >= 0.6 is 0 Å². The van der Waals surface area contributed by atoms with Gasteiger partial charge in [-0.2, -0.15) is 0 Å². The topological polar surface area (TPSA) is 133 Å². The van der Waals surface area contributed by atoms with Crippen LogP contribution in [-0.4, -0.2) is 35.4 Å². The molecule has 0 saturated heterocycles. The molecule has 0 amide bonds. The zero-order valence-electron chi connectivity index (χ0n) is 23.7. The van der Waals surface area contributed by atoms with Crippen molar-refractivity contribution in [2.24, 2.45) is 27.7 Å².